The fourth-order valence-electron chi connectivity index (χ4n) is 5.46. The molecular formula is C32H31ClFN3O4S. The summed E-state index contributed by atoms with van der Waals surface area (Å²) in [5.74, 6) is -1.76. The lowest BCUT2D eigenvalue weighted by molar-refractivity contribution is -0.137. The molecule has 0 unspecified atom stereocenters. The van der Waals surface area contributed by atoms with Gasteiger partial charge < -0.3 is 20.1 Å². The van der Waals surface area contributed by atoms with Crippen molar-refractivity contribution in [1.29, 1.82) is 0 Å². The number of allylic oxidation sites excluding steroid dienone is 1. The molecule has 1 fully saturated rings. The number of fused-ring (bicyclic) bond motifs is 1. The maximum atomic E-state index is 15.4. The zero-order valence-electron chi connectivity index (χ0n) is 23.2. The lowest BCUT2D eigenvalue weighted by Crippen LogP contribution is -2.46. The monoisotopic (exact) mass is 607 g/mol. The first kappa shape index (κ1) is 29.7. The quantitative estimate of drug-likeness (QED) is 0.243. The van der Waals surface area contributed by atoms with Gasteiger partial charge in [0.1, 0.15) is 11.9 Å². The maximum Gasteiger partial charge on any atom is 0.303 e. The highest BCUT2D eigenvalue weighted by Crippen LogP contribution is 2.35. The number of aliphatic imine (C=N–C) groups is 1. The molecule has 42 heavy (non-hydrogen) atoms. The molecule has 2 aliphatic heterocycles. The highest BCUT2D eigenvalue weighted by Gasteiger charge is 2.42. The minimum absolute atomic E-state index is 0.0437. The lowest BCUT2D eigenvalue weighted by Gasteiger charge is -2.29. The number of thiophene rings is 1. The Morgan fingerprint density at radius 2 is 2.10 bits per heavy atom. The van der Waals surface area contributed by atoms with Gasteiger partial charge >= 0.3 is 5.97 Å². The second-order valence-corrected chi connectivity index (χ2v) is 11.5. The summed E-state index contributed by atoms with van der Waals surface area (Å²) in [6, 6.07) is 10.2. The lowest BCUT2D eigenvalue weighted by atomic mass is 9.94. The third-order valence-electron chi connectivity index (χ3n) is 7.56. The largest absolute Gasteiger partial charge is 0.481 e. The van der Waals surface area contributed by atoms with Gasteiger partial charge in [-0.15, -0.1) is 11.3 Å². The van der Waals surface area contributed by atoms with Gasteiger partial charge in [0.15, 0.2) is 0 Å². The number of likely N-dealkylation sites (tertiary alicyclic amines) is 1. The van der Waals surface area contributed by atoms with E-state index in [1.54, 1.807) is 22.4 Å². The molecule has 2 N–H and O–H groups in total. The van der Waals surface area contributed by atoms with Crippen LogP contribution in [0.15, 0.2) is 77.3 Å². The summed E-state index contributed by atoms with van der Waals surface area (Å²) >= 11 is 8.16. The van der Waals surface area contributed by atoms with Crippen LogP contribution in [0.1, 0.15) is 37.3 Å². The number of halogens is 2. The molecule has 1 amide bonds. The van der Waals surface area contributed by atoms with E-state index < -0.39 is 17.8 Å². The van der Waals surface area contributed by atoms with E-state index in [4.69, 9.17) is 21.4 Å². The molecule has 0 aliphatic carbocycles. The van der Waals surface area contributed by atoms with Crippen molar-refractivity contribution in [3.63, 3.8) is 0 Å². The van der Waals surface area contributed by atoms with E-state index in [-0.39, 0.29) is 35.4 Å². The number of carboxylic acid groups (broad SMARTS) is 1. The van der Waals surface area contributed by atoms with Crippen molar-refractivity contribution in [1.82, 2.24) is 4.90 Å². The summed E-state index contributed by atoms with van der Waals surface area (Å²) in [6.45, 7) is 11.0. The number of ether oxygens (including phenoxy) is 1. The van der Waals surface area contributed by atoms with Crippen molar-refractivity contribution < 1.29 is 23.8 Å². The van der Waals surface area contributed by atoms with E-state index in [9.17, 15) is 9.59 Å². The van der Waals surface area contributed by atoms with Crippen LogP contribution in [0.25, 0.3) is 15.8 Å². The summed E-state index contributed by atoms with van der Waals surface area (Å²) in [6.07, 6.45) is 1.95. The Bertz CT molecular complexity index is 1650. The highest BCUT2D eigenvalue weighted by atomic mass is 35.5. The van der Waals surface area contributed by atoms with Crippen LogP contribution in [0.2, 0.25) is 5.02 Å². The molecule has 0 radical (unpaired) electrons. The van der Waals surface area contributed by atoms with E-state index in [1.807, 2.05) is 36.6 Å². The first-order chi connectivity index (χ1) is 20.2. The number of aliphatic carboxylic acids is 1. The number of hydrogen-bond acceptors (Lipinski definition) is 6. The van der Waals surface area contributed by atoms with Gasteiger partial charge in [-0.3, -0.25) is 14.6 Å². The fourth-order valence-corrected chi connectivity index (χ4v) is 6.67. The van der Waals surface area contributed by atoms with Crippen LogP contribution in [0, 0.1) is 5.82 Å². The van der Waals surface area contributed by atoms with Crippen LogP contribution in [-0.2, 0) is 20.7 Å². The molecule has 5 rings (SSSR count). The van der Waals surface area contributed by atoms with Gasteiger partial charge in [0.25, 0.3) is 0 Å². The van der Waals surface area contributed by atoms with Crippen LogP contribution in [-0.4, -0.2) is 52.9 Å². The molecule has 7 nitrogen and oxygen atoms in total. The zero-order valence-corrected chi connectivity index (χ0v) is 24.7. The summed E-state index contributed by atoms with van der Waals surface area (Å²) in [7, 11) is 0. The van der Waals surface area contributed by atoms with Gasteiger partial charge in [0.2, 0.25) is 5.91 Å². The molecule has 1 aromatic heterocycles. The van der Waals surface area contributed by atoms with Crippen LogP contribution >= 0.6 is 22.9 Å². The molecule has 2 atom stereocenters. The minimum Gasteiger partial charge on any atom is -0.481 e. The number of anilines is 1. The average molecular weight is 608 g/mol. The number of carboxylic acids is 1. The van der Waals surface area contributed by atoms with Gasteiger partial charge in [0.05, 0.1) is 28.9 Å². The number of nitrogens with zero attached hydrogens (tertiary/aromatic N) is 2. The zero-order chi connectivity index (χ0) is 30.0. The molecule has 2 aromatic carbocycles. The smallest absolute Gasteiger partial charge is 0.303 e. The molecule has 218 valence electrons. The number of carbonyl (C=O) groups is 2. The molecular weight excluding hydrogens is 577 g/mol. The number of rotatable bonds is 11. The fraction of sp³-hybridized carbons (Fsp3) is 0.281. The number of nitrogens with one attached hydrogen (secondary N) is 1. The molecule has 0 spiro atoms. The Morgan fingerprint density at radius 3 is 2.86 bits per heavy atom. The molecule has 10 heteroatoms. The number of amides is 1. The summed E-state index contributed by atoms with van der Waals surface area (Å²) in [4.78, 5) is 30.8. The number of benzene rings is 2. The Balaban J connectivity index is 1.31. The van der Waals surface area contributed by atoms with Crippen LogP contribution in [0.4, 0.5) is 10.1 Å². The van der Waals surface area contributed by atoms with Crippen LogP contribution in [0.5, 0.6) is 0 Å². The molecule has 0 bridgehead atoms. The summed E-state index contributed by atoms with van der Waals surface area (Å²) < 4.78 is 22.4. The molecule has 3 heterocycles. The van der Waals surface area contributed by atoms with Gasteiger partial charge in [0, 0.05) is 52.5 Å². The Labute approximate surface area is 252 Å². The van der Waals surface area contributed by atoms with E-state index in [0.29, 0.717) is 48.7 Å². The molecule has 0 saturated carbocycles. The van der Waals surface area contributed by atoms with E-state index in [0.717, 1.165) is 21.2 Å². The third kappa shape index (κ3) is 6.04. The third-order valence-corrected chi connectivity index (χ3v) is 8.83. The highest BCUT2D eigenvalue weighted by molar-refractivity contribution is 7.17. The predicted octanol–water partition coefficient (Wildman–Crippen LogP) is 7.08. The molecule has 1 saturated heterocycles. The Hall–Kier alpha value is -3.79. The van der Waals surface area contributed by atoms with Crippen LogP contribution in [0.3, 0.4) is 0 Å². The van der Waals surface area contributed by atoms with Gasteiger partial charge in [-0.2, -0.15) is 0 Å². The first-order valence-corrected chi connectivity index (χ1v) is 14.9. The predicted molar refractivity (Wildman–Crippen MR) is 167 cm³/mol. The minimum atomic E-state index is -0.909. The standard InChI is InChI=1S/C32H31ClFN3O4S/c1-4-41-27-11-12-37(32(27)31-18(2)20(16-35-31)9-10-30(39)40)29(38)14-21-13-24(33)26(15-25(21)34)36-19(3)23-17-42-28-8-6-5-7-22(23)28/h5-8,13,15-17,27,32,36H,2-4,9-12,14H2,1H3,(H,39,40)/t27-,32-/m0/s1. The van der Waals surface area contributed by atoms with Gasteiger partial charge in [-0.1, -0.05) is 43.0 Å². The second-order valence-electron chi connectivity index (χ2n) is 10.2. The molecule has 3 aromatic rings. The SMILES string of the molecule is C=C1C(CCC(=O)O)=CN=C1[C@@H]1[C@@H](OCC)CCN1C(=O)Cc1cc(Cl)c(NC(=C)c2csc3ccccc23)cc1F. The van der Waals surface area contributed by atoms with Crippen molar-refractivity contribution in [3.8, 4) is 0 Å². The first-order valence-electron chi connectivity index (χ1n) is 13.7. The van der Waals surface area contributed by atoms with Crippen molar-refractivity contribution in [3.05, 3.63) is 94.2 Å². The van der Waals surface area contributed by atoms with E-state index in [1.165, 1.54) is 12.1 Å². The van der Waals surface area contributed by atoms with Crippen LogP contribution < -0.4 is 5.32 Å². The summed E-state index contributed by atoms with van der Waals surface area (Å²) in [5.41, 5.74) is 3.94. The number of hydrogen-bond donors (Lipinski definition) is 2. The maximum absolute atomic E-state index is 15.4. The van der Waals surface area contributed by atoms with Crippen molar-refractivity contribution >= 4 is 62.0 Å². The average Bonchev–Trinajstić information content (AvgIpc) is 3.67. The van der Waals surface area contributed by atoms with Gasteiger partial charge in [-0.25, -0.2) is 4.39 Å². The topological polar surface area (TPSA) is 91.2 Å². The van der Waals surface area contributed by atoms with E-state index in [2.05, 4.69) is 23.5 Å². The Kier molecular flexibility index (Phi) is 8.91. The normalized spacial score (nSPS) is 18.4. The second kappa shape index (κ2) is 12.6. The van der Waals surface area contributed by atoms with Gasteiger partial charge in [-0.05, 0) is 54.7 Å². The van der Waals surface area contributed by atoms with E-state index >= 15 is 4.39 Å². The Morgan fingerprint density at radius 1 is 1.31 bits per heavy atom. The molecule has 2 aliphatic rings. The van der Waals surface area contributed by atoms with Crippen molar-refractivity contribution in [2.24, 2.45) is 4.99 Å². The summed E-state index contributed by atoms with van der Waals surface area (Å²) in [5, 5.41) is 15.5. The number of carbonyl (C=O) groups excluding carboxylic acids is 1. The van der Waals surface area contributed by atoms with Crippen molar-refractivity contribution in [2.75, 3.05) is 18.5 Å². The van der Waals surface area contributed by atoms with Crippen molar-refractivity contribution in [2.45, 2.75) is 44.8 Å².